The summed E-state index contributed by atoms with van der Waals surface area (Å²) in [6.45, 7) is 1.73. The van der Waals surface area contributed by atoms with Crippen LogP contribution in [0.2, 0.25) is 0 Å². The first-order valence-corrected chi connectivity index (χ1v) is 6.81. The van der Waals surface area contributed by atoms with Gasteiger partial charge in [-0.2, -0.15) is 0 Å². The molecule has 1 aromatic heterocycles. The number of benzene rings is 1. The van der Waals surface area contributed by atoms with Gasteiger partial charge in [0, 0.05) is 6.07 Å². The van der Waals surface area contributed by atoms with E-state index in [2.05, 4.69) is 5.16 Å². The molecular formula is C15H15N3O4. The fraction of sp³-hybridized carbons (Fsp3) is 0.267. The van der Waals surface area contributed by atoms with E-state index < -0.39 is 17.2 Å². The minimum atomic E-state index is -1.18. The Balaban J connectivity index is 2.05. The molecule has 1 aliphatic carbocycles. The summed E-state index contributed by atoms with van der Waals surface area (Å²) in [6, 6.07) is 7.61. The maximum atomic E-state index is 12.8. The third-order valence-corrected chi connectivity index (χ3v) is 3.78. The van der Waals surface area contributed by atoms with E-state index in [9.17, 15) is 14.7 Å². The van der Waals surface area contributed by atoms with Gasteiger partial charge < -0.3 is 15.4 Å². The highest BCUT2D eigenvalue weighted by Crippen LogP contribution is 2.49. The second-order valence-corrected chi connectivity index (χ2v) is 5.41. The van der Waals surface area contributed by atoms with Gasteiger partial charge in [0.15, 0.2) is 0 Å². The van der Waals surface area contributed by atoms with E-state index in [4.69, 9.17) is 10.3 Å². The molecule has 2 amide bonds. The van der Waals surface area contributed by atoms with Crippen molar-refractivity contribution >= 4 is 23.4 Å². The van der Waals surface area contributed by atoms with Crippen molar-refractivity contribution < 1.29 is 19.2 Å². The Bertz CT molecular complexity index is 732. The number of hydrogen-bond donors (Lipinski definition) is 2. The summed E-state index contributed by atoms with van der Waals surface area (Å²) < 4.78 is 5.18. The van der Waals surface area contributed by atoms with Crippen molar-refractivity contribution in [2.24, 2.45) is 11.1 Å². The van der Waals surface area contributed by atoms with Gasteiger partial charge in [0.25, 0.3) is 0 Å². The lowest BCUT2D eigenvalue weighted by Crippen LogP contribution is -2.41. The minimum Gasteiger partial charge on any atom is -0.508 e. The Morgan fingerprint density at radius 3 is 2.41 bits per heavy atom. The molecule has 0 aliphatic heterocycles. The zero-order valence-corrected chi connectivity index (χ0v) is 11.9. The normalized spacial score (nSPS) is 15.3. The van der Waals surface area contributed by atoms with Crippen LogP contribution in [0.5, 0.6) is 5.75 Å². The van der Waals surface area contributed by atoms with E-state index in [1.807, 2.05) is 0 Å². The van der Waals surface area contributed by atoms with E-state index in [1.165, 1.54) is 17.0 Å². The number of aromatic nitrogens is 1. The molecule has 0 bridgehead atoms. The lowest BCUT2D eigenvalue weighted by molar-refractivity contribution is -0.133. The number of hydrogen-bond acceptors (Lipinski definition) is 5. The molecule has 1 aromatic carbocycles. The Morgan fingerprint density at radius 2 is 1.95 bits per heavy atom. The van der Waals surface area contributed by atoms with E-state index >= 15 is 0 Å². The highest BCUT2D eigenvalue weighted by molar-refractivity contribution is 6.16. The number of phenolic OH excluding ortho intramolecular Hbond substituents is 1. The maximum Gasteiger partial charge on any atom is 0.249 e. The monoisotopic (exact) mass is 301 g/mol. The molecule has 1 aliphatic rings. The van der Waals surface area contributed by atoms with Crippen molar-refractivity contribution in [3.05, 3.63) is 36.0 Å². The second kappa shape index (κ2) is 4.87. The van der Waals surface area contributed by atoms with E-state index in [1.54, 1.807) is 25.1 Å². The summed E-state index contributed by atoms with van der Waals surface area (Å²) >= 11 is 0. The van der Waals surface area contributed by atoms with Crippen LogP contribution in [0.3, 0.4) is 0 Å². The second-order valence-electron chi connectivity index (χ2n) is 5.41. The van der Waals surface area contributed by atoms with Crippen LogP contribution in [0.1, 0.15) is 18.5 Å². The minimum absolute atomic E-state index is 0.0703. The number of aryl methyl sites for hydroxylation is 1. The van der Waals surface area contributed by atoms with Crippen LogP contribution in [-0.4, -0.2) is 22.1 Å². The van der Waals surface area contributed by atoms with E-state index in [0.717, 1.165) is 0 Å². The predicted molar refractivity (Wildman–Crippen MR) is 77.4 cm³/mol. The fourth-order valence-corrected chi connectivity index (χ4v) is 2.31. The number of rotatable bonds is 4. The van der Waals surface area contributed by atoms with Crippen molar-refractivity contribution in [1.82, 2.24) is 5.16 Å². The van der Waals surface area contributed by atoms with E-state index in [-0.39, 0.29) is 11.6 Å². The number of phenols is 1. The smallest absolute Gasteiger partial charge is 0.249 e. The number of carbonyl (C=O) groups is 2. The van der Waals surface area contributed by atoms with Crippen LogP contribution in [-0.2, 0) is 9.59 Å². The maximum absolute atomic E-state index is 12.8. The predicted octanol–water partition coefficient (Wildman–Crippen LogP) is 1.62. The van der Waals surface area contributed by atoms with Gasteiger partial charge in [-0.3, -0.25) is 9.59 Å². The van der Waals surface area contributed by atoms with Crippen LogP contribution < -0.4 is 10.6 Å². The summed E-state index contributed by atoms with van der Waals surface area (Å²) in [4.78, 5) is 25.8. The van der Waals surface area contributed by atoms with Crippen LogP contribution in [0.4, 0.5) is 11.6 Å². The molecule has 7 heteroatoms. The van der Waals surface area contributed by atoms with Gasteiger partial charge in [0.1, 0.15) is 11.2 Å². The molecule has 3 N–H and O–H groups in total. The number of nitrogens with zero attached hydrogens (tertiary/aromatic N) is 2. The molecule has 0 radical (unpaired) electrons. The van der Waals surface area contributed by atoms with Gasteiger partial charge in [-0.1, -0.05) is 5.16 Å². The molecule has 0 spiro atoms. The SMILES string of the molecule is Cc1cc(N(C(=O)C2(C(N)=O)CC2)c2ccc(O)cc2)on1. The summed E-state index contributed by atoms with van der Waals surface area (Å²) in [7, 11) is 0. The van der Waals surface area contributed by atoms with Crippen LogP contribution in [0.25, 0.3) is 0 Å². The zero-order valence-electron chi connectivity index (χ0n) is 11.9. The van der Waals surface area contributed by atoms with Gasteiger partial charge >= 0.3 is 0 Å². The largest absolute Gasteiger partial charge is 0.508 e. The first-order valence-electron chi connectivity index (χ1n) is 6.81. The molecule has 1 saturated carbocycles. The topological polar surface area (TPSA) is 110 Å². The first-order chi connectivity index (χ1) is 10.4. The molecule has 0 atom stereocenters. The Labute approximate surface area is 126 Å². The molecular weight excluding hydrogens is 286 g/mol. The highest BCUT2D eigenvalue weighted by Gasteiger charge is 2.58. The van der Waals surface area contributed by atoms with Crippen molar-refractivity contribution in [2.75, 3.05) is 4.90 Å². The lowest BCUT2D eigenvalue weighted by atomic mass is 10.0. The number of amides is 2. The molecule has 0 saturated heterocycles. The zero-order chi connectivity index (χ0) is 15.9. The van der Waals surface area contributed by atoms with Crippen molar-refractivity contribution in [2.45, 2.75) is 19.8 Å². The van der Waals surface area contributed by atoms with Crippen molar-refractivity contribution in [1.29, 1.82) is 0 Å². The molecule has 0 unspecified atom stereocenters. The number of carbonyl (C=O) groups excluding carboxylic acids is 2. The molecule has 3 rings (SSSR count). The van der Waals surface area contributed by atoms with Crippen LogP contribution in [0.15, 0.2) is 34.9 Å². The summed E-state index contributed by atoms with van der Waals surface area (Å²) in [5, 5.41) is 13.2. The fourth-order valence-electron chi connectivity index (χ4n) is 2.31. The average molecular weight is 301 g/mol. The third-order valence-electron chi connectivity index (χ3n) is 3.78. The molecule has 1 heterocycles. The van der Waals surface area contributed by atoms with Crippen LogP contribution >= 0.6 is 0 Å². The standard InChI is InChI=1S/C15H15N3O4/c1-9-8-12(22-17-9)18(10-2-4-11(19)5-3-10)14(21)15(6-7-15)13(16)20/h2-5,8,19H,6-7H2,1H3,(H2,16,20). The Morgan fingerprint density at radius 1 is 1.32 bits per heavy atom. The van der Waals surface area contributed by atoms with Crippen molar-refractivity contribution in [3.63, 3.8) is 0 Å². The molecule has 22 heavy (non-hydrogen) atoms. The Kier molecular flexibility index (Phi) is 3.13. The summed E-state index contributed by atoms with van der Waals surface area (Å²) in [5.74, 6) is -0.805. The molecule has 7 nitrogen and oxygen atoms in total. The lowest BCUT2D eigenvalue weighted by Gasteiger charge is -2.23. The molecule has 1 fully saturated rings. The number of primary amides is 1. The van der Waals surface area contributed by atoms with Gasteiger partial charge in [0.05, 0.1) is 11.4 Å². The van der Waals surface area contributed by atoms with Gasteiger partial charge in [0.2, 0.25) is 17.7 Å². The quantitative estimate of drug-likeness (QED) is 0.834. The third kappa shape index (κ3) is 2.20. The number of aromatic hydroxyl groups is 1. The Hall–Kier alpha value is -2.83. The molecule has 114 valence electrons. The number of nitrogens with two attached hydrogens (primary N) is 1. The van der Waals surface area contributed by atoms with E-state index in [0.29, 0.717) is 24.2 Å². The van der Waals surface area contributed by atoms with Crippen LogP contribution in [0, 0.1) is 12.3 Å². The average Bonchev–Trinajstić information content (AvgIpc) is 3.20. The van der Waals surface area contributed by atoms with Gasteiger partial charge in [-0.15, -0.1) is 0 Å². The summed E-state index contributed by atoms with van der Waals surface area (Å²) in [5.41, 5.74) is 5.27. The number of anilines is 2. The van der Waals surface area contributed by atoms with Gasteiger partial charge in [-0.05, 0) is 44.0 Å². The van der Waals surface area contributed by atoms with Crippen molar-refractivity contribution in [3.8, 4) is 5.75 Å². The molecule has 2 aromatic rings. The highest BCUT2D eigenvalue weighted by atomic mass is 16.5. The van der Waals surface area contributed by atoms with Gasteiger partial charge in [-0.25, -0.2) is 4.90 Å². The summed E-state index contributed by atoms with van der Waals surface area (Å²) in [6.07, 6.45) is 0.839. The first kappa shape index (κ1) is 14.1.